The molecule has 182 valence electrons. The fourth-order valence-corrected chi connectivity index (χ4v) is 3.95. The Morgan fingerprint density at radius 1 is 1.26 bits per heavy atom. The maximum Gasteiger partial charge on any atom is 0.433 e. The van der Waals surface area contributed by atoms with Crippen molar-refractivity contribution in [3.63, 3.8) is 0 Å². The van der Waals surface area contributed by atoms with Crippen LogP contribution in [-0.4, -0.2) is 74.5 Å². The van der Waals surface area contributed by atoms with Crippen molar-refractivity contribution in [2.45, 2.75) is 12.6 Å². The van der Waals surface area contributed by atoms with Gasteiger partial charge >= 0.3 is 18.1 Å². The van der Waals surface area contributed by atoms with Crippen LogP contribution in [0.15, 0.2) is 34.7 Å². The molecule has 0 unspecified atom stereocenters. The zero-order valence-corrected chi connectivity index (χ0v) is 18.4. The Hall–Kier alpha value is -3.87. The highest BCUT2D eigenvalue weighted by Gasteiger charge is 2.33. The third-order valence-corrected chi connectivity index (χ3v) is 5.70. The number of carbonyl (C=O) groups excluding carboxylic acids is 2. The van der Waals surface area contributed by atoms with Gasteiger partial charge in [-0.05, 0) is 24.3 Å². The zero-order chi connectivity index (χ0) is 24.2. The molecule has 1 aromatic carbocycles. The molecule has 4 rings (SSSR count). The number of nitrogens with one attached hydrogen (secondary N) is 1. The molecule has 1 aromatic heterocycles. The van der Waals surface area contributed by atoms with Crippen LogP contribution in [0.4, 0.5) is 31.2 Å². The third kappa shape index (κ3) is 5.20. The lowest BCUT2D eigenvalue weighted by atomic mass is 10.2. The summed E-state index contributed by atoms with van der Waals surface area (Å²) in [6.45, 7) is 3.08. The largest absolute Gasteiger partial charge is 0.453 e. The van der Waals surface area contributed by atoms with E-state index in [4.69, 9.17) is 9.15 Å². The number of anilines is 2. The van der Waals surface area contributed by atoms with Gasteiger partial charge in [-0.3, -0.25) is 19.9 Å². The van der Waals surface area contributed by atoms with Gasteiger partial charge in [-0.1, -0.05) is 0 Å². The van der Waals surface area contributed by atoms with Gasteiger partial charge in [0.05, 0.1) is 44.2 Å². The molecule has 2 saturated heterocycles. The summed E-state index contributed by atoms with van der Waals surface area (Å²) in [7, 11) is 1.24. The maximum atomic E-state index is 14.9. The molecule has 1 N–H and O–H groups in total. The van der Waals surface area contributed by atoms with Crippen LogP contribution in [0.5, 0.6) is 0 Å². The molecule has 2 aromatic rings. The van der Waals surface area contributed by atoms with Gasteiger partial charge in [0.1, 0.15) is 22.6 Å². The Kier molecular flexibility index (Phi) is 6.82. The average molecular weight is 477 g/mol. The predicted octanol–water partition coefficient (Wildman–Crippen LogP) is 2.33. The molecule has 0 spiro atoms. The van der Waals surface area contributed by atoms with Gasteiger partial charge in [0.15, 0.2) is 0 Å². The first-order valence-electron chi connectivity index (χ1n) is 10.6. The van der Waals surface area contributed by atoms with Gasteiger partial charge in [-0.15, -0.1) is 0 Å². The van der Waals surface area contributed by atoms with E-state index < -0.39 is 29.0 Å². The molecule has 0 radical (unpaired) electrons. The highest BCUT2D eigenvalue weighted by atomic mass is 19.1. The molecule has 2 aliphatic rings. The molecule has 2 amide bonds. The molecule has 12 nitrogen and oxygen atoms in total. The maximum absolute atomic E-state index is 14.9. The summed E-state index contributed by atoms with van der Waals surface area (Å²) < 4.78 is 29.9. The van der Waals surface area contributed by atoms with E-state index in [1.165, 1.54) is 24.1 Å². The number of halogens is 1. The smallest absolute Gasteiger partial charge is 0.433 e. The van der Waals surface area contributed by atoms with Crippen molar-refractivity contribution in [1.29, 1.82) is 0 Å². The van der Waals surface area contributed by atoms with E-state index >= 15 is 0 Å². The van der Waals surface area contributed by atoms with Crippen LogP contribution >= 0.6 is 0 Å². The number of piperazine rings is 1. The van der Waals surface area contributed by atoms with E-state index in [9.17, 15) is 24.1 Å². The van der Waals surface area contributed by atoms with Gasteiger partial charge in [-0.2, -0.15) is 0 Å². The van der Waals surface area contributed by atoms with Gasteiger partial charge in [-0.25, -0.2) is 14.0 Å². The van der Waals surface area contributed by atoms with Crippen molar-refractivity contribution in [2.75, 3.05) is 56.2 Å². The number of nitro groups is 1. The van der Waals surface area contributed by atoms with Crippen molar-refractivity contribution in [3.8, 4) is 0 Å². The van der Waals surface area contributed by atoms with Crippen LogP contribution in [0.1, 0.15) is 5.76 Å². The predicted molar refractivity (Wildman–Crippen MR) is 117 cm³/mol. The normalized spacial score (nSPS) is 18.6. The Morgan fingerprint density at radius 3 is 2.68 bits per heavy atom. The lowest BCUT2D eigenvalue weighted by Gasteiger charge is -2.36. The van der Waals surface area contributed by atoms with Crippen molar-refractivity contribution in [2.24, 2.45) is 0 Å². The van der Waals surface area contributed by atoms with E-state index in [0.717, 1.165) is 0 Å². The number of alkyl carbamates (subject to hydrolysis) is 1. The fourth-order valence-electron chi connectivity index (χ4n) is 3.95. The molecule has 0 saturated carbocycles. The zero-order valence-electron chi connectivity index (χ0n) is 18.4. The van der Waals surface area contributed by atoms with Crippen LogP contribution < -0.4 is 15.1 Å². The van der Waals surface area contributed by atoms with Gasteiger partial charge in [0.25, 0.3) is 0 Å². The first-order valence-corrected chi connectivity index (χ1v) is 10.6. The second-order valence-corrected chi connectivity index (χ2v) is 7.88. The number of methoxy groups -OCH3 is 1. The SMILES string of the molecule is COC(=O)NC[C@H]1CN(c2ccc(N3CCN(Cc4ccc([N+](=O)[O-])o4)CC3)c(F)c2)C(=O)O1. The Morgan fingerprint density at radius 2 is 2.03 bits per heavy atom. The first-order chi connectivity index (χ1) is 16.3. The van der Waals surface area contributed by atoms with Crippen molar-refractivity contribution in [1.82, 2.24) is 10.2 Å². The number of hydrogen-bond donors (Lipinski definition) is 1. The number of cyclic esters (lactones) is 1. The van der Waals surface area contributed by atoms with Gasteiger partial charge in [0, 0.05) is 26.2 Å². The Balaban J connectivity index is 1.32. The molecular formula is C21H24FN5O7. The number of carbonyl (C=O) groups is 2. The molecule has 2 fully saturated rings. The van der Waals surface area contributed by atoms with Crippen LogP contribution in [0.3, 0.4) is 0 Å². The van der Waals surface area contributed by atoms with E-state index in [1.807, 2.05) is 4.90 Å². The minimum absolute atomic E-state index is 0.0884. The third-order valence-electron chi connectivity index (χ3n) is 5.70. The number of ether oxygens (including phenoxy) is 2. The molecule has 1 atom stereocenters. The summed E-state index contributed by atoms with van der Waals surface area (Å²) >= 11 is 0. The summed E-state index contributed by atoms with van der Waals surface area (Å²) in [5, 5.41) is 13.2. The van der Waals surface area contributed by atoms with Crippen molar-refractivity contribution < 1.29 is 32.8 Å². The van der Waals surface area contributed by atoms with Gasteiger partial charge in [0.2, 0.25) is 0 Å². The molecule has 2 aliphatic heterocycles. The molecule has 0 bridgehead atoms. The van der Waals surface area contributed by atoms with E-state index in [1.54, 1.807) is 18.2 Å². The van der Waals surface area contributed by atoms with Crippen LogP contribution in [0.25, 0.3) is 0 Å². The molecular weight excluding hydrogens is 453 g/mol. The van der Waals surface area contributed by atoms with Crippen LogP contribution in [0, 0.1) is 15.9 Å². The summed E-state index contributed by atoms with van der Waals surface area (Å²) in [4.78, 5) is 38.9. The van der Waals surface area contributed by atoms with E-state index in [2.05, 4.69) is 15.0 Å². The van der Waals surface area contributed by atoms with E-state index in [0.29, 0.717) is 49.9 Å². The topological polar surface area (TPSA) is 131 Å². The molecule has 13 heteroatoms. The minimum Gasteiger partial charge on any atom is -0.453 e. The van der Waals surface area contributed by atoms with E-state index in [-0.39, 0.29) is 19.0 Å². The molecule has 3 heterocycles. The van der Waals surface area contributed by atoms with Crippen molar-refractivity contribution in [3.05, 3.63) is 52.0 Å². The summed E-state index contributed by atoms with van der Waals surface area (Å²) in [5.74, 6) is -0.242. The number of furan rings is 1. The quantitative estimate of drug-likeness (QED) is 0.471. The fraction of sp³-hybridized carbons (Fsp3) is 0.429. The highest BCUT2D eigenvalue weighted by molar-refractivity contribution is 5.90. The van der Waals surface area contributed by atoms with Crippen molar-refractivity contribution >= 4 is 29.4 Å². The standard InChI is InChI=1S/C21H24FN5O7/c1-32-20(28)23-11-16-13-26(21(29)34-16)14-2-4-18(17(22)10-14)25-8-6-24(7-9-25)12-15-3-5-19(33-15)27(30)31/h2-5,10,16H,6-9,11-13H2,1H3,(H,23,28)/t16-/m0/s1. The highest BCUT2D eigenvalue weighted by Crippen LogP contribution is 2.29. The lowest BCUT2D eigenvalue weighted by molar-refractivity contribution is -0.402. The number of amides is 2. The summed E-state index contributed by atoms with van der Waals surface area (Å²) in [5.41, 5.74) is 0.790. The van der Waals surface area contributed by atoms with Crippen LogP contribution in [-0.2, 0) is 16.0 Å². The Labute approximate surface area is 193 Å². The number of benzene rings is 1. The second-order valence-electron chi connectivity index (χ2n) is 7.88. The molecule has 0 aliphatic carbocycles. The number of hydrogen-bond acceptors (Lipinski definition) is 9. The van der Waals surface area contributed by atoms with Gasteiger partial charge < -0.3 is 24.1 Å². The second kappa shape index (κ2) is 9.95. The minimum atomic E-state index is -0.629. The summed E-state index contributed by atoms with van der Waals surface area (Å²) in [6.07, 6.45) is -1.82. The monoisotopic (exact) mass is 477 g/mol. The summed E-state index contributed by atoms with van der Waals surface area (Å²) in [6, 6.07) is 7.49. The molecule has 34 heavy (non-hydrogen) atoms. The van der Waals surface area contributed by atoms with Crippen LogP contribution in [0.2, 0.25) is 0 Å². The first kappa shape index (κ1) is 23.3. The lowest BCUT2D eigenvalue weighted by Crippen LogP contribution is -2.46. The Bertz CT molecular complexity index is 1070. The average Bonchev–Trinajstić information content (AvgIpc) is 3.44. The number of nitrogens with zero attached hydrogens (tertiary/aromatic N) is 4. The number of rotatable bonds is 7.